The van der Waals surface area contributed by atoms with Gasteiger partial charge in [-0.15, -0.1) is 0 Å². The minimum atomic E-state index is -0.531. The molecule has 3 saturated carbocycles. The Hall–Kier alpha value is -0.900. The molecule has 0 aromatic carbocycles. The van der Waals surface area contributed by atoms with Crippen molar-refractivity contribution in [1.29, 1.82) is 0 Å². The van der Waals surface area contributed by atoms with E-state index in [9.17, 15) is 14.4 Å². The van der Waals surface area contributed by atoms with Gasteiger partial charge in [-0.25, -0.2) is 0 Å². The third-order valence-corrected chi connectivity index (χ3v) is 10.4. The van der Waals surface area contributed by atoms with Gasteiger partial charge >= 0.3 is 0 Å². The highest BCUT2D eigenvalue weighted by atomic mass is 32.2. The molecule has 0 radical (unpaired) electrons. The van der Waals surface area contributed by atoms with Crippen molar-refractivity contribution in [2.24, 2.45) is 46.3 Å². The van der Waals surface area contributed by atoms with E-state index in [1.54, 1.807) is 11.8 Å². The van der Waals surface area contributed by atoms with Crippen LogP contribution in [0.5, 0.6) is 0 Å². The lowest BCUT2D eigenvalue weighted by Gasteiger charge is -2.66. The van der Waals surface area contributed by atoms with Crippen molar-refractivity contribution >= 4 is 29.1 Å². The van der Waals surface area contributed by atoms with Gasteiger partial charge in [0.2, 0.25) is 0 Å². The van der Waals surface area contributed by atoms with E-state index in [0.29, 0.717) is 17.3 Å². The number of carbonyl (C=O) groups is 3. The zero-order valence-corrected chi connectivity index (χ0v) is 15.5. The Balaban J connectivity index is 1.65. The van der Waals surface area contributed by atoms with Crippen molar-refractivity contribution in [2.45, 2.75) is 38.9 Å². The van der Waals surface area contributed by atoms with E-state index in [1.807, 2.05) is 27.7 Å². The Morgan fingerprint density at radius 2 is 1.46 bits per heavy atom. The van der Waals surface area contributed by atoms with E-state index in [-0.39, 0.29) is 41.3 Å². The molecular formula is C20H24O3S. The average molecular weight is 344 g/mol. The fraction of sp³-hybridized carbons (Fsp3) is 0.750. The molecule has 2 bridgehead atoms. The van der Waals surface area contributed by atoms with Crippen LogP contribution in [0, 0.1) is 46.3 Å². The Kier molecular flexibility index (Phi) is 2.61. The number of Topliss-reactive ketones (excluding diaryl/α,β-unsaturated/α-hetero) is 3. The molecule has 24 heavy (non-hydrogen) atoms. The SMILES string of the molecule is CC1(C)C(=O)C(C)(C)C12SCC1C(=O)C3C4C=CC(C4)C3C(=O)C12. The fourth-order valence-corrected chi connectivity index (χ4v) is 9.53. The topological polar surface area (TPSA) is 51.2 Å². The molecule has 5 aliphatic rings. The van der Waals surface area contributed by atoms with Gasteiger partial charge in [0, 0.05) is 40.3 Å². The summed E-state index contributed by atoms with van der Waals surface area (Å²) in [4.78, 5) is 39.6. The van der Waals surface area contributed by atoms with E-state index >= 15 is 0 Å². The first kappa shape index (κ1) is 15.4. The zero-order chi connectivity index (χ0) is 17.2. The molecule has 3 nitrogen and oxygen atoms in total. The number of thioether (sulfide) groups is 1. The van der Waals surface area contributed by atoms with E-state index in [0.717, 1.165) is 6.42 Å². The predicted molar refractivity (Wildman–Crippen MR) is 92.5 cm³/mol. The van der Waals surface area contributed by atoms with Crippen LogP contribution >= 0.6 is 11.8 Å². The monoisotopic (exact) mass is 344 g/mol. The second kappa shape index (κ2) is 4.08. The number of hydrogen-bond donors (Lipinski definition) is 0. The maximum absolute atomic E-state index is 13.6. The van der Waals surface area contributed by atoms with Crippen molar-refractivity contribution in [1.82, 2.24) is 0 Å². The lowest BCUT2D eigenvalue weighted by atomic mass is 9.40. The Morgan fingerprint density at radius 1 is 0.917 bits per heavy atom. The lowest BCUT2D eigenvalue weighted by Crippen LogP contribution is -2.76. The van der Waals surface area contributed by atoms with Gasteiger partial charge in [-0.3, -0.25) is 14.4 Å². The normalized spacial score (nSPS) is 48.6. The highest BCUT2D eigenvalue weighted by molar-refractivity contribution is 8.01. The van der Waals surface area contributed by atoms with Crippen LogP contribution in [0.15, 0.2) is 12.2 Å². The molecule has 6 unspecified atom stereocenters. The van der Waals surface area contributed by atoms with E-state index < -0.39 is 15.6 Å². The molecule has 0 N–H and O–H groups in total. The number of carbonyl (C=O) groups excluding carboxylic acids is 3. The van der Waals surface area contributed by atoms with Crippen molar-refractivity contribution < 1.29 is 14.4 Å². The summed E-state index contributed by atoms with van der Waals surface area (Å²) in [5.74, 6) is 1.44. The van der Waals surface area contributed by atoms with Crippen LogP contribution in [0.2, 0.25) is 0 Å². The maximum Gasteiger partial charge on any atom is 0.146 e. The van der Waals surface area contributed by atoms with Gasteiger partial charge < -0.3 is 0 Å². The third kappa shape index (κ3) is 1.26. The summed E-state index contributed by atoms with van der Waals surface area (Å²) in [7, 11) is 0. The van der Waals surface area contributed by atoms with Crippen molar-refractivity contribution in [2.75, 3.05) is 5.75 Å². The van der Waals surface area contributed by atoms with E-state index in [4.69, 9.17) is 0 Å². The van der Waals surface area contributed by atoms with Crippen LogP contribution in [0.25, 0.3) is 0 Å². The van der Waals surface area contributed by atoms with Crippen LogP contribution < -0.4 is 0 Å². The third-order valence-electron chi connectivity index (χ3n) is 8.11. The molecule has 0 aromatic rings. The molecular weight excluding hydrogens is 320 g/mol. The van der Waals surface area contributed by atoms with Crippen LogP contribution in [0.4, 0.5) is 0 Å². The van der Waals surface area contributed by atoms with Crippen molar-refractivity contribution in [3.05, 3.63) is 12.2 Å². The van der Waals surface area contributed by atoms with Crippen LogP contribution in [-0.2, 0) is 14.4 Å². The number of fused-ring (bicyclic) bond motifs is 7. The maximum atomic E-state index is 13.6. The summed E-state index contributed by atoms with van der Waals surface area (Å²) in [5, 5.41) is 0. The van der Waals surface area contributed by atoms with Gasteiger partial charge in [0.05, 0.1) is 4.75 Å². The summed E-state index contributed by atoms with van der Waals surface area (Å²) in [6.45, 7) is 7.95. The highest BCUT2D eigenvalue weighted by Crippen LogP contribution is 2.75. The quantitative estimate of drug-likeness (QED) is 0.634. The molecule has 1 heterocycles. The van der Waals surface area contributed by atoms with Gasteiger partial charge in [-0.2, -0.15) is 11.8 Å². The van der Waals surface area contributed by atoms with Gasteiger partial charge in [0.1, 0.15) is 17.3 Å². The molecule has 5 rings (SSSR count). The Labute approximate surface area is 147 Å². The molecule has 4 aliphatic carbocycles. The van der Waals surface area contributed by atoms with Crippen LogP contribution in [-0.4, -0.2) is 27.8 Å². The molecule has 1 saturated heterocycles. The second-order valence-corrected chi connectivity index (χ2v) is 10.8. The molecule has 1 spiro atoms. The second-order valence-electron chi connectivity index (χ2n) is 9.51. The van der Waals surface area contributed by atoms with Crippen LogP contribution in [0.3, 0.4) is 0 Å². The van der Waals surface area contributed by atoms with Gasteiger partial charge in [0.15, 0.2) is 0 Å². The molecule has 0 amide bonds. The molecule has 4 heteroatoms. The lowest BCUT2D eigenvalue weighted by molar-refractivity contribution is -0.173. The van der Waals surface area contributed by atoms with Crippen molar-refractivity contribution in [3.8, 4) is 0 Å². The molecule has 1 aliphatic heterocycles. The van der Waals surface area contributed by atoms with Gasteiger partial charge in [-0.1, -0.05) is 39.8 Å². The molecule has 128 valence electrons. The van der Waals surface area contributed by atoms with Gasteiger partial charge in [0.25, 0.3) is 0 Å². The molecule has 0 aromatic heterocycles. The predicted octanol–water partition coefficient (Wildman–Crippen LogP) is 2.93. The molecule has 6 atom stereocenters. The van der Waals surface area contributed by atoms with E-state index in [2.05, 4.69) is 12.2 Å². The fourth-order valence-electron chi connectivity index (χ4n) is 7.36. The van der Waals surface area contributed by atoms with Crippen LogP contribution in [0.1, 0.15) is 34.1 Å². The first-order valence-electron chi connectivity index (χ1n) is 9.11. The summed E-state index contributed by atoms with van der Waals surface area (Å²) >= 11 is 1.74. The first-order valence-corrected chi connectivity index (χ1v) is 10.1. The smallest absolute Gasteiger partial charge is 0.146 e. The number of rotatable bonds is 0. The number of hydrogen-bond acceptors (Lipinski definition) is 4. The number of ketones is 3. The number of allylic oxidation sites excluding steroid dienone is 2. The highest BCUT2D eigenvalue weighted by Gasteiger charge is 2.81. The summed E-state index contributed by atoms with van der Waals surface area (Å²) in [6.07, 6.45) is 5.29. The Morgan fingerprint density at radius 3 is 2.04 bits per heavy atom. The summed E-state index contributed by atoms with van der Waals surface area (Å²) in [6, 6.07) is 0. The van der Waals surface area contributed by atoms with Crippen molar-refractivity contribution in [3.63, 3.8) is 0 Å². The zero-order valence-electron chi connectivity index (χ0n) is 14.7. The Bertz CT molecular complexity index is 713. The average Bonchev–Trinajstić information content (AvgIpc) is 3.23. The molecule has 4 fully saturated rings. The minimum Gasteiger partial charge on any atom is -0.299 e. The summed E-state index contributed by atoms with van der Waals surface area (Å²) < 4.78 is -0.412. The first-order chi connectivity index (χ1) is 11.2. The minimum absolute atomic E-state index is 0.0773. The van der Waals surface area contributed by atoms with E-state index in [1.165, 1.54) is 0 Å². The summed E-state index contributed by atoms with van der Waals surface area (Å²) in [5.41, 5.74) is -1.06. The van der Waals surface area contributed by atoms with Gasteiger partial charge in [-0.05, 0) is 18.3 Å². The largest absolute Gasteiger partial charge is 0.299 e. The standard InChI is InChI=1S/C20H24O3S/c1-18(2)17(23)19(3,4)20(18)14-11(8-24-20)15(21)12-9-5-6-10(7-9)13(12)16(14)22/h5-6,9-14H,7-8H2,1-4H3.